The van der Waals surface area contributed by atoms with E-state index in [1.807, 2.05) is 6.92 Å². The molecule has 3 aromatic rings. The third-order valence-corrected chi connectivity index (χ3v) is 3.91. The van der Waals surface area contributed by atoms with Crippen LogP contribution in [0, 0.1) is 40.1 Å². The molecule has 0 saturated heterocycles. The first-order valence-corrected chi connectivity index (χ1v) is 7.25. The predicted molar refractivity (Wildman–Crippen MR) is 88.5 cm³/mol. The number of nitrogen functional groups attached to an aromatic ring is 1. The number of aryl methyl sites for hydroxylation is 3. The summed E-state index contributed by atoms with van der Waals surface area (Å²) in [6.45, 7) is 11.3. The zero-order chi connectivity index (χ0) is 16.3. The topological polar surface area (TPSA) is 69.6 Å². The number of imidazole rings is 1. The van der Waals surface area contributed by atoms with E-state index >= 15 is 0 Å². The van der Waals surface area contributed by atoms with Crippen molar-refractivity contribution in [1.82, 2.24) is 19.5 Å². The predicted octanol–water partition coefficient (Wildman–Crippen LogP) is 2.95. The smallest absolute Gasteiger partial charge is 0.104 e. The average molecular weight is 384 g/mol. The molecule has 0 aliphatic carbocycles. The molecular weight excluding hydrogens is 363 g/mol. The van der Waals surface area contributed by atoms with E-state index in [0.29, 0.717) is 11.3 Å². The van der Waals surface area contributed by atoms with Crippen molar-refractivity contribution in [2.75, 3.05) is 5.73 Å². The van der Waals surface area contributed by atoms with Gasteiger partial charge >= 0.3 is 0 Å². The van der Waals surface area contributed by atoms with Gasteiger partial charge in [-0.15, -0.1) is 0 Å². The van der Waals surface area contributed by atoms with E-state index in [1.165, 1.54) is 28.6 Å². The Morgan fingerprint density at radius 3 is 2.43 bits per heavy atom. The van der Waals surface area contributed by atoms with Gasteiger partial charge in [0, 0.05) is 44.7 Å². The molecule has 0 atom stereocenters. The molecule has 23 heavy (non-hydrogen) atoms. The Morgan fingerprint density at radius 2 is 1.83 bits per heavy atom. The van der Waals surface area contributed by atoms with E-state index in [2.05, 4.69) is 61.1 Å². The molecule has 0 bridgehead atoms. The molecule has 119 valence electrons. The largest absolute Gasteiger partial charge is 0.432 e. The Labute approximate surface area is 162 Å². The Morgan fingerprint density at radius 1 is 1.13 bits per heavy atom. The molecule has 2 N–H and O–H groups in total. The Hall–Kier alpha value is -1.33. The van der Waals surface area contributed by atoms with Crippen LogP contribution < -0.4 is 5.73 Å². The first-order valence-electron chi connectivity index (χ1n) is 7.25. The summed E-state index contributed by atoms with van der Waals surface area (Å²) in [6.07, 6.45) is 4.22. The van der Waals surface area contributed by atoms with Crippen molar-refractivity contribution in [3.8, 4) is 0 Å². The van der Waals surface area contributed by atoms with Gasteiger partial charge in [0.2, 0.25) is 0 Å². The first kappa shape index (κ1) is 19.7. The number of fused-ring (bicyclic) bond motifs is 1. The second-order valence-corrected chi connectivity index (χ2v) is 5.23. The van der Waals surface area contributed by atoms with Crippen molar-refractivity contribution in [1.29, 1.82) is 0 Å². The van der Waals surface area contributed by atoms with Gasteiger partial charge in [0.1, 0.15) is 6.33 Å². The van der Waals surface area contributed by atoms with Crippen molar-refractivity contribution >= 4 is 17.0 Å². The van der Waals surface area contributed by atoms with E-state index in [-0.39, 0.29) is 32.7 Å². The maximum Gasteiger partial charge on any atom is 0.104 e. The summed E-state index contributed by atoms with van der Waals surface area (Å²) in [4.78, 5) is 11.9. The summed E-state index contributed by atoms with van der Waals surface area (Å²) < 4.78 is 1.80. The van der Waals surface area contributed by atoms with Gasteiger partial charge in [0.25, 0.3) is 0 Å². The fourth-order valence-electron chi connectivity index (χ4n) is 2.08. The van der Waals surface area contributed by atoms with Crippen LogP contribution in [0.3, 0.4) is 0 Å². The fourth-order valence-corrected chi connectivity index (χ4v) is 2.08. The summed E-state index contributed by atoms with van der Waals surface area (Å²) >= 11 is 0. The van der Waals surface area contributed by atoms with E-state index < -0.39 is 0 Å². The minimum absolute atomic E-state index is 0. The molecule has 0 fully saturated rings. The number of rotatable bonds is 1. The molecule has 0 spiro atoms. The van der Waals surface area contributed by atoms with Crippen molar-refractivity contribution in [3.05, 3.63) is 47.0 Å². The van der Waals surface area contributed by atoms with Gasteiger partial charge in [-0.2, -0.15) is 34.4 Å². The summed E-state index contributed by atoms with van der Waals surface area (Å²) in [5.41, 5.74) is 12.3. The van der Waals surface area contributed by atoms with Crippen molar-refractivity contribution in [3.63, 3.8) is 0 Å². The summed E-state index contributed by atoms with van der Waals surface area (Å²) in [6, 6.07) is 5.26. The molecular formula is C17H21N5Y-2. The van der Waals surface area contributed by atoms with Gasteiger partial charge in [-0.25, -0.2) is 4.98 Å². The van der Waals surface area contributed by atoms with Gasteiger partial charge in [-0.05, 0) is 19.0 Å². The van der Waals surface area contributed by atoms with Crippen molar-refractivity contribution in [2.24, 2.45) is 0 Å². The summed E-state index contributed by atoms with van der Waals surface area (Å²) in [5, 5.41) is 0. The van der Waals surface area contributed by atoms with E-state index in [1.54, 1.807) is 4.57 Å². The van der Waals surface area contributed by atoms with Gasteiger partial charge in [-0.3, -0.25) is 4.98 Å². The quantitative estimate of drug-likeness (QED) is 0.655. The molecule has 2 aromatic heterocycles. The van der Waals surface area contributed by atoms with Crippen LogP contribution >= 0.6 is 0 Å². The number of nitrogens with two attached hydrogens (primary N) is 1. The molecule has 2 heterocycles. The standard InChI is InChI=1S/C10H13.C7H8N5.Y/c1-7-5-6-8(2)10(4)9(7)3;1-2-12-4-11-5-6(8)9-3-10-7(5)12;/h5H,1-4H3;3H,2H2,1H3,(H2,8,9,10);/q2*-1;. The molecule has 0 unspecified atom stereocenters. The van der Waals surface area contributed by atoms with Crippen molar-refractivity contribution < 1.29 is 32.7 Å². The van der Waals surface area contributed by atoms with Crippen LogP contribution in [-0.2, 0) is 39.3 Å². The molecule has 0 aliphatic rings. The van der Waals surface area contributed by atoms with Crippen LogP contribution in [0.5, 0.6) is 0 Å². The number of aromatic nitrogens is 4. The second-order valence-electron chi connectivity index (χ2n) is 5.23. The van der Waals surface area contributed by atoms with Crippen LogP contribution in [0.25, 0.3) is 11.2 Å². The third-order valence-electron chi connectivity index (χ3n) is 3.91. The van der Waals surface area contributed by atoms with E-state index in [0.717, 1.165) is 12.2 Å². The molecule has 0 amide bonds. The molecule has 1 aromatic carbocycles. The van der Waals surface area contributed by atoms with Gasteiger partial charge < -0.3 is 15.3 Å². The Balaban J connectivity index is 0.000000224. The SMILES string of the molecule is CCn1[c-]nc2c(N)ncnc21.Cc1[c-]cc(C)c(C)c1C.[Y]. The van der Waals surface area contributed by atoms with Gasteiger partial charge in [-0.1, -0.05) is 27.7 Å². The first-order chi connectivity index (χ1) is 10.5. The number of hydrogen-bond acceptors (Lipinski definition) is 4. The zero-order valence-electron chi connectivity index (χ0n) is 14.3. The van der Waals surface area contributed by atoms with E-state index in [4.69, 9.17) is 5.73 Å². The summed E-state index contributed by atoms with van der Waals surface area (Å²) in [5.74, 6) is 0.406. The number of nitrogens with zero attached hydrogens (tertiary/aromatic N) is 4. The normalized spacial score (nSPS) is 9.96. The van der Waals surface area contributed by atoms with Crippen molar-refractivity contribution in [2.45, 2.75) is 41.2 Å². The van der Waals surface area contributed by atoms with Crippen LogP contribution in [0.1, 0.15) is 29.2 Å². The maximum absolute atomic E-state index is 5.58. The van der Waals surface area contributed by atoms with Crippen LogP contribution in [0.4, 0.5) is 5.82 Å². The summed E-state index contributed by atoms with van der Waals surface area (Å²) in [7, 11) is 0. The van der Waals surface area contributed by atoms with E-state index in [9.17, 15) is 0 Å². The second kappa shape index (κ2) is 8.50. The Bertz CT molecular complexity index is 768. The molecule has 1 radical (unpaired) electrons. The number of anilines is 1. The third kappa shape index (κ3) is 4.36. The number of benzene rings is 1. The van der Waals surface area contributed by atoms with Gasteiger partial charge in [0.05, 0.1) is 5.82 Å². The van der Waals surface area contributed by atoms with Gasteiger partial charge in [0.15, 0.2) is 0 Å². The minimum atomic E-state index is 0. The molecule has 3 rings (SSSR count). The monoisotopic (exact) mass is 384 g/mol. The molecule has 0 aliphatic heterocycles. The minimum Gasteiger partial charge on any atom is -0.432 e. The number of hydrogen-bond donors (Lipinski definition) is 1. The van der Waals surface area contributed by atoms with Crippen LogP contribution in [0.15, 0.2) is 12.4 Å². The molecule has 5 nitrogen and oxygen atoms in total. The zero-order valence-corrected chi connectivity index (χ0v) is 17.1. The van der Waals surface area contributed by atoms with Crippen LogP contribution in [0.2, 0.25) is 0 Å². The maximum atomic E-state index is 5.58. The molecule has 6 heteroatoms. The molecule has 0 saturated carbocycles. The average Bonchev–Trinajstić information content (AvgIpc) is 2.94. The fraction of sp³-hybridized carbons (Fsp3) is 0.353. The Kier molecular flexibility index (Phi) is 7.29. The van der Waals surface area contributed by atoms with Crippen LogP contribution in [-0.4, -0.2) is 19.5 Å².